The number of aryl methyl sites for hydroxylation is 1. The molecule has 0 fully saturated rings. The number of carbonyl (C=O) groups excluding carboxylic acids is 1. The summed E-state index contributed by atoms with van der Waals surface area (Å²) >= 11 is 0. The maximum atomic E-state index is 11.9. The Labute approximate surface area is 130 Å². The number of nitrogens with one attached hydrogen (secondary N) is 1. The lowest BCUT2D eigenvalue weighted by Gasteiger charge is -2.12. The van der Waals surface area contributed by atoms with E-state index in [-0.39, 0.29) is 5.91 Å². The third-order valence-electron chi connectivity index (χ3n) is 4.11. The lowest BCUT2D eigenvalue weighted by molar-refractivity contribution is -0.116. The molecule has 3 rings (SSSR count). The summed E-state index contributed by atoms with van der Waals surface area (Å²) in [6.45, 7) is 0.501. The van der Waals surface area contributed by atoms with Crippen LogP contribution >= 0.6 is 0 Å². The number of amides is 1. The number of hydrogen-bond donors (Lipinski definition) is 1. The predicted octanol–water partition coefficient (Wildman–Crippen LogP) is 2.63. The van der Waals surface area contributed by atoms with Crippen LogP contribution in [-0.4, -0.2) is 15.7 Å². The lowest BCUT2D eigenvalue weighted by Crippen LogP contribution is -2.21. The van der Waals surface area contributed by atoms with Crippen LogP contribution in [0.3, 0.4) is 0 Å². The minimum atomic E-state index is -0.0842. The second-order valence-corrected chi connectivity index (χ2v) is 5.66. The van der Waals surface area contributed by atoms with Crippen molar-refractivity contribution in [2.45, 2.75) is 32.2 Å². The predicted molar refractivity (Wildman–Crippen MR) is 87.2 cm³/mol. The summed E-state index contributed by atoms with van der Waals surface area (Å²) in [6.07, 6.45) is 8.02. The Hall–Kier alpha value is -2.36. The molecule has 1 aromatic carbocycles. The Kier molecular flexibility index (Phi) is 4.37. The first kappa shape index (κ1) is 14.6. The van der Waals surface area contributed by atoms with E-state index in [4.69, 9.17) is 0 Å². The number of fused-ring (bicyclic) bond motifs is 1. The number of nitrogens with zero attached hydrogens (tertiary/aromatic N) is 2. The average molecular weight is 295 g/mol. The number of rotatable bonds is 4. The third-order valence-corrected chi connectivity index (χ3v) is 4.11. The second kappa shape index (κ2) is 6.60. The highest BCUT2D eigenvalue weighted by atomic mass is 16.1. The monoisotopic (exact) mass is 295 g/mol. The molecule has 1 aromatic heterocycles. The number of benzene rings is 1. The zero-order valence-corrected chi connectivity index (χ0v) is 12.9. The summed E-state index contributed by atoms with van der Waals surface area (Å²) in [4.78, 5) is 11.9. The molecular formula is C18H21N3O. The van der Waals surface area contributed by atoms with Gasteiger partial charge in [0, 0.05) is 18.8 Å². The minimum absolute atomic E-state index is 0.0842. The van der Waals surface area contributed by atoms with Gasteiger partial charge in [-0.3, -0.25) is 9.48 Å². The number of aromatic nitrogens is 2. The molecule has 1 N–H and O–H groups in total. The fourth-order valence-electron chi connectivity index (χ4n) is 2.97. The first-order chi connectivity index (χ1) is 10.7. The minimum Gasteiger partial charge on any atom is -0.347 e. The molecule has 0 saturated carbocycles. The summed E-state index contributed by atoms with van der Waals surface area (Å²) in [5.41, 5.74) is 4.70. The molecule has 0 unspecified atom stereocenters. The zero-order chi connectivity index (χ0) is 15.4. The summed E-state index contributed by atoms with van der Waals surface area (Å²) in [5, 5.41) is 7.49. The summed E-state index contributed by atoms with van der Waals surface area (Å²) in [7, 11) is 1.99. The van der Waals surface area contributed by atoms with Gasteiger partial charge >= 0.3 is 0 Å². The second-order valence-electron chi connectivity index (χ2n) is 5.66. The average Bonchev–Trinajstić information content (AvgIpc) is 2.89. The van der Waals surface area contributed by atoms with E-state index >= 15 is 0 Å². The molecule has 1 aliphatic rings. The van der Waals surface area contributed by atoms with Crippen LogP contribution < -0.4 is 5.32 Å². The highest BCUT2D eigenvalue weighted by Crippen LogP contribution is 2.23. The first-order valence-electron chi connectivity index (χ1n) is 7.78. The molecule has 0 bridgehead atoms. The van der Waals surface area contributed by atoms with Crippen molar-refractivity contribution in [1.29, 1.82) is 0 Å². The Morgan fingerprint density at radius 2 is 2.05 bits per heavy atom. The van der Waals surface area contributed by atoms with Crippen LogP contribution in [0.4, 0.5) is 0 Å². The molecule has 4 nitrogen and oxygen atoms in total. The van der Waals surface area contributed by atoms with Gasteiger partial charge < -0.3 is 5.32 Å². The van der Waals surface area contributed by atoms with Gasteiger partial charge in [0.05, 0.1) is 12.2 Å². The standard InChI is InChI=1S/C18H21N3O/c1-21-17-10-6-5-9-15(17)16(20-21)13-19-18(22)12-11-14-7-3-2-4-8-14/h2-4,7-8,11-12H,5-6,9-10,13H2,1H3,(H,19,22)/b12-11+. The molecule has 4 heteroatoms. The molecule has 1 amide bonds. The van der Waals surface area contributed by atoms with Crippen LogP contribution in [0.1, 0.15) is 35.4 Å². The van der Waals surface area contributed by atoms with Crippen molar-refractivity contribution in [2.75, 3.05) is 0 Å². The molecule has 0 atom stereocenters. The van der Waals surface area contributed by atoms with Crippen molar-refractivity contribution in [3.63, 3.8) is 0 Å². The van der Waals surface area contributed by atoms with Gasteiger partial charge in [0.15, 0.2) is 0 Å². The molecule has 0 radical (unpaired) electrons. The quantitative estimate of drug-likeness (QED) is 0.881. The van der Waals surface area contributed by atoms with E-state index in [1.807, 2.05) is 48.1 Å². The van der Waals surface area contributed by atoms with Crippen LogP contribution in [0.2, 0.25) is 0 Å². The van der Waals surface area contributed by atoms with Gasteiger partial charge in [-0.2, -0.15) is 5.10 Å². The molecular weight excluding hydrogens is 274 g/mol. The summed E-state index contributed by atoms with van der Waals surface area (Å²) in [5.74, 6) is -0.0842. The molecule has 1 heterocycles. The molecule has 0 spiro atoms. The van der Waals surface area contributed by atoms with Gasteiger partial charge in [-0.1, -0.05) is 30.3 Å². The van der Waals surface area contributed by atoms with Crippen LogP contribution in [0.25, 0.3) is 6.08 Å². The van der Waals surface area contributed by atoms with Crippen molar-refractivity contribution in [3.05, 3.63) is 58.9 Å². The van der Waals surface area contributed by atoms with E-state index in [1.54, 1.807) is 6.08 Å². The van der Waals surface area contributed by atoms with Gasteiger partial charge in [0.2, 0.25) is 5.91 Å². The van der Waals surface area contributed by atoms with Crippen LogP contribution in [0, 0.1) is 0 Å². The summed E-state index contributed by atoms with van der Waals surface area (Å²) in [6, 6.07) is 9.81. The van der Waals surface area contributed by atoms with Crippen molar-refractivity contribution in [2.24, 2.45) is 7.05 Å². The van der Waals surface area contributed by atoms with Gasteiger partial charge in [0.1, 0.15) is 0 Å². The van der Waals surface area contributed by atoms with E-state index in [0.29, 0.717) is 6.54 Å². The highest BCUT2D eigenvalue weighted by Gasteiger charge is 2.18. The highest BCUT2D eigenvalue weighted by molar-refractivity contribution is 5.91. The van der Waals surface area contributed by atoms with Crippen molar-refractivity contribution in [3.8, 4) is 0 Å². The maximum Gasteiger partial charge on any atom is 0.244 e. The maximum absolute atomic E-state index is 11.9. The van der Waals surface area contributed by atoms with E-state index in [1.165, 1.54) is 24.1 Å². The fourth-order valence-corrected chi connectivity index (χ4v) is 2.97. The van der Waals surface area contributed by atoms with Crippen molar-refractivity contribution in [1.82, 2.24) is 15.1 Å². The Balaban J connectivity index is 1.61. The van der Waals surface area contributed by atoms with E-state index < -0.39 is 0 Å². The largest absolute Gasteiger partial charge is 0.347 e. The molecule has 0 aliphatic heterocycles. The topological polar surface area (TPSA) is 46.9 Å². The molecule has 0 saturated heterocycles. The smallest absolute Gasteiger partial charge is 0.244 e. The van der Waals surface area contributed by atoms with Crippen LogP contribution in [0.15, 0.2) is 36.4 Å². The Bertz CT molecular complexity index is 686. The SMILES string of the molecule is Cn1nc(CNC(=O)/C=C/c2ccccc2)c2c1CCCC2. The fraction of sp³-hybridized carbons (Fsp3) is 0.333. The van der Waals surface area contributed by atoms with E-state index in [9.17, 15) is 4.79 Å². The Morgan fingerprint density at radius 3 is 2.86 bits per heavy atom. The van der Waals surface area contributed by atoms with Crippen LogP contribution in [-0.2, 0) is 31.2 Å². The molecule has 2 aromatic rings. The van der Waals surface area contributed by atoms with Gasteiger partial charge in [-0.25, -0.2) is 0 Å². The summed E-state index contributed by atoms with van der Waals surface area (Å²) < 4.78 is 1.97. The normalized spacial score (nSPS) is 14.0. The van der Waals surface area contributed by atoms with Crippen molar-refractivity contribution < 1.29 is 4.79 Å². The van der Waals surface area contributed by atoms with E-state index in [2.05, 4.69) is 10.4 Å². The molecule has 114 valence electrons. The lowest BCUT2D eigenvalue weighted by atomic mass is 9.96. The zero-order valence-electron chi connectivity index (χ0n) is 12.9. The van der Waals surface area contributed by atoms with Gasteiger partial charge in [-0.15, -0.1) is 0 Å². The number of carbonyl (C=O) groups is 1. The Morgan fingerprint density at radius 1 is 1.27 bits per heavy atom. The number of hydrogen-bond acceptors (Lipinski definition) is 2. The van der Waals surface area contributed by atoms with Gasteiger partial charge in [-0.05, 0) is 42.9 Å². The molecule has 1 aliphatic carbocycles. The van der Waals surface area contributed by atoms with E-state index in [0.717, 1.165) is 24.1 Å². The van der Waals surface area contributed by atoms with Gasteiger partial charge in [0.25, 0.3) is 0 Å². The van der Waals surface area contributed by atoms with Crippen molar-refractivity contribution >= 4 is 12.0 Å². The third kappa shape index (κ3) is 3.27. The first-order valence-corrected chi connectivity index (χ1v) is 7.78. The van der Waals surface area contributed by atoms with Crippen LogP contribution in [0.5, 0.6) is 0 Å². The molecule has 22 heavy (non-hydrogen) atoms.